The van der Waals surface area contributed by atoms with Gasteiger partial charge in [0.25, 0.3) is 15.9 Å². The first-order valence-electron chi connectivity index (χ1n) is 9.17. The first-order chi connectivity index (χ1) is 13.9. The maximum absolute atomic E-state index is 12.7. The third kappa shape index (κ3) is 4.71. The van der Waals surface area contributed by atoms with Gasteiger partial charge in [-0.1, -0.05) is 31.2 Å². The van der Waals surface area contributed by atoms with E-state index in [0.29, 0.717) is 11.4 Å². The van der Waals surface area contributed by atoms with Crippen LogP contribution in [0.3, 0.4) is 0 Å². The molecule has 1 heterocycles. The summed E-state index contributed by atoms with van der Waals surface area (Å²) in [5, 5.41) is 0.164. The van der Waals surface area contributed by atoms with Gasteiger partial charge in [-0.2, -0.15) is 8.42 Å². The van der Waals surface area contributed by atoms with Crippen LogP contribution in [0.25, 0.3) is 6.08 Å². The lowest BCUT2D eigenvalue weighted by Gasteiger charge is -2.12. The molecule has 0 spiro atoms. The van der Waals surface area contributed by atoms with Crippen molar-refractivity contribution >= 4 is 38.9 Å². The van der Waals surface area contributed by atoms with Crippen molar-refractivity contribution in [2.24, 2.45) is 4.40 Å². The van der Waals surface area contributed by atoms with Crippen LogP contribution in [0.1, 0.15) is 25.0 Å². The van der Waals surface area contributed by atoms with Crippen LogP contribution in [0.4, 0.5) is 0 Å². The number of hydrogen-bond acceptors (Lipinski definition) is 5. The molecular formula is C21H22N2O4S2. The Labute approximate surface area is 175 Å². The van der Waals surface area contributed by atoms with E-state index in [1.807, 2.05) is 19.1 Å². The zero-order valence-corrected chi connectivity index (χ0v) is 18.1. The molecule has 152 valence electrons. The van der Waals surface area contributed by atoms with Gasteiger partial charge in [0.05, 0.1) is 16.9 Å². The number of carbonyl (C=O) groups excluding carboxylic acids is 1. The summed E-state index contributed by atoms with van der Waals surface area (Å²) in [6.45, 7) is 4.11. The quantitative estimate of drug-likeness (QED) is 0.649. The Balaban J connectivity index is 1.91. The topological polar surface area (TPSA) is 76.0 Å². The number of thioether (sulfide) groups is 1. The standard InChI is InChI=1S/C21H22N2O4S2/c1-4-15-8-12-18(13-9-15)29(25,26)22-21-23(5-2)20(24)19(28-21)14-16-6-10-17(27-3)11-7-16/h6-14H,4-5H2,1-3H3/b19-14+,22-21-. The number of rotatable bonds is 6. The highest BCUT2D eigenvalue weighted by molar-refractivity contribution is 8.19. The summed E-state index contributed by atoms with van der Waals surface area (Å²) < 4.78 is 34.5. The number of methoxy groups -OCH3 is 1. The summed E-state index contributed by atoms with van der Waals surface area (Å²) in [6.07, 6.45) is 2.54. The second-order valence-corrected chi connectivity index (χ2v) is 8.89. The molecule has 0 saturated carbocycles. The number of amidine groups is 1. The maximum atomic E-state index is 12.7. The number of sulfonamides is 1. The molecule has 0 aliphatic carbocycles. The van der Waals surface area contributed by atoms with Crippen LogP contribution in [0.5, 0.6) is 5.75 Å². The highest BCUT2D eigenvalue weighted by Crippen LogP contribution is 2.33. The van der Waals surface area contributed by atoms with Crippen molar-refractivity contribution in [3.63, 3.8) is 0 Å². The van der Waals surface area contributed by atoms with Crippen molar-refractivity contribution in [3.05, 3.63) is 64.6 Å². The minimum Gasteiger partial charge on any atom is -0.497 e. The molecular weight excluding hydrogens is 408 g/mol. The Kier molecular flexibility index (Phi) is 6.44. The largest absolute Gasteiger partial charge is 0.497 e. The highest BCUT2D eigenvalue weighted by atomic mass is 32.2. The molecule has 6 nitrogen and oxygen atoms in total. The lowest BCUT2D eigenvalue weighted by atomic mass is 10.2. The number of ether oxygens (including phenoxy) is 1. The summed E-state index contributed by atoms with van der Waals surface area (Å²) in [5.41, 5.74) is 1.86. The Morgan fingerprint density at radius 1 is 1.07 bits per heavy atom. The van der Waals surface area contributed by atoms with E-state index >= 15 is 0 Å². The number of carbonyl (C=O) groups is 1. The van der Waals surface area contributed by atoms with Gasteiger partial charge >= 0.3 is 0 Å². The maximum Gasteiger partial charge on any atom is 0.284 e. The van der Waals surface area contributed by atoms with Crippen molar-refractivity contribution in [2.45, 2.75) is 25.2 Å². The number of amides is 1. The van der Waals surface area contributed by atoms with Gasteiger partial charge in [-0.25, -0.2) is 0 Å². The van der Waals surface area contributed by atoms with Crippen molar-refractivity contribution in [3.8, 4) is 5.75 Å². The normalized spacial score (nSPS) is 17.3. The van der Waals surface area contributed by atoms with Gasteiger partial charge < -0.3 is 4.74 Å². The predicted octanol–water partition coefficient (Wildman–Crippen LogP) is 3.94. The van der Waals surface area contributed by atoms with Gasteiger partial charge in [0.1, 0.15) is 5.75 Å². The Hall–Kier alpha value is -2.58. The Bertz CT molecular complexity index is 1060. The van der Waals surface area contributed by atoms with Crippen LogP contribution < -0.4 is 4.74 Å². The number of aryl methyl sites for hydroxylation is 1. The lowest BCUT2D eigenvalue weighted by Crippen LogP contribution is -2.29. The molecule has 8 heteroatoms. The smallest absolute Gasteiger partial charge is 0.284 e. The zero-order valence-electron chi connectivity index (χ0n) is 16.5. The predicted molar refractivity (Wildman–Crippen MR) is 116 cm³/mol. The van der Waals surface area contributed by atoms with Crippen LogP contribution in [0.2, 0.25) is 0 Å². The van der Waals surface area contributed by atoms with E-state index in [4.69, 9.17) is 4.74 Å². The summed E-state index contributed by atoms with van der Waals surface area (Å²) in [4.78, 5) is 14.6. The monoisotopic (exact) mass is 430 g/mol. The lowest BCUT2D eigenvalue weighted by molar-refractivity contribution is -0.122. The van der Waals surface area contributed by atoms with Crippen LogP contribution in [-0.4, -0.2) is 38.0 Å². The van der Waals surface area contributed by atoms with Crippen molar-refractivity contribution < 1.29 is 17.9 Å². The number of hydrogen-bond donors (Lipinski definition) is 0. The molecule has 1 saturated heterocycles. The molecule has 0 bridgehead atoms. The molecule has 3 rings (SSSR count). The SMILES string of the molecule is CCc1ccc(S(=O)(=O)/N=C2\S/C(=C/c3ccc(OC)cc3)C(=O)N2CC)cc1. The molecule has 1 fully saturated rings. The number of benzene rings is 2. The molecule has 2 aromatic rings. The zero-order chi connectivity index (χ0) is 21.0. The number of nitrogens with zero attached hydrogens (tertiary/aromatic N) is 2. The molecule has 2 aromatic carbocycles. The third-order valence-electron chi connectivity index (χ3n) is 4.45. The fourth-order valence-corrected chi connectivity index (χ4v) is 5.00. The molecule has 1 amide bonds. The van der Waals surface area contributed by atoms with Crippen LogP contribution in [0.15, 0.2) is 62.7 Å². The minimum atomic E-state index is -3.91. The van der Waals surface area contributed by atoms with Crippen LogP contribution in [-0.2, 0) is 21.2 Å². The average molecular weight is 431 g/mol. The fourth-order valence-electron chi connectivity index (χ4n) is 2.76. The van der Waals surface area contributed by atoms with E-state index in [-0.39, 0.29) is 16.0 Å². The van der Waals surface area contributed by atoms with Gasteiger partial charge in [0.15, 0.2) is 5.17 Å². The highest BCUT2D eigenvalue weighted by Gasteiger charge is 2.34. The van der Waals surface area contributed by atoms with Crippen LogP contribution >= 0.6 is 11.8 Å². The van der Waals surface area contributed by atoms with E-state index in [2.05, 4.69) is 4.40 Å². The van der Waals surface area contributed by atoms with Crippen molar-refractivity contribution in [2.75, 3.05) is 13.7 Å². The van der Waals surface area contributed by atoms with Gasteiger partial charge in [0, 0.05) is 6.54 Å². The summed E-state index contributed by atoms with van der Waals surface area (Å²) in [6, 6.07) is 13.9. The summed E-state index contributed by atoms with van der Waals surface area (Å²) in [5.74, 6) is 0.457. The molecule has 1 aliphatic rings. The molecule has 0 radical (unpaired) electrons. The minimum absolute atomic E-state index is 0.110. The summed E-state index contributed by atoms with van der Waals surface area (Å²) >= 11 is 1.06. The van der Waals surface area contributed by atoms with Crippen molar-refractivity contribution in [1.29, 1.82) is 0 Å². The fraction of sp³-hybridized carbons (Fsp3) is 0.238. The van der Waals surface area contributed by atoms with Gasteiger partial charge in [-0.3, -0.25) is 9.69 Å². The number of likely N-dealkylation sites (N-methyl/N-ethyl adjacent to an activating group) is 1. The van der Waals surface area contributed by atoms with E-state index in [1.54, 1.807) is 56.5 Å². The molecule has 0 N–H and O–H groups in total. The average Bonchev–Trinajstić information content (AvgIpc) is 3.02. The first kappa shape index (κ1) is 21.1. The van der Waals surface area contributed by atoms with E-state index in [0.717, 1.165) is 35.1 Å². The van der Waals surface area contributed by atoms with Crippen LogP contribution in [0, 0.1) is 0 Å². The summed E-state index contributed by atoms with van der Waals surface area (Å²) in [7, 11) is -2.33. The van der Waals surface area contributed by atoms with Gasteiger partial charge in [0.2, 0.25) is 0 Å². The molecule has 0 unspecified atom stereocenters. The van der Waals surface area contributed by atoms with E-state index < -0.39 is 10.0 Å². The van der Waals surface area contributed by atoms with Gasteiger partial charge in [-0.15, -0.1) is 4.40 Å². The second kappa shape index (κ2) is 8.84. The van der Waals surface area contributed by atoms with E-state index in [9.17, 15) is 13.2 Å². The Morgan fingerprint density at radius 2 is 1.72 bits per heavy atom. The molecule has 0 aromatic heterocycles. The third-order valence-corrected chi connectivity index (χ3v) is 6.85. The molecule has 0 atom stereocenters. The molecule has 1 aliphatic heterocycles. The second-order valence-electron chi connectivity index (χ2n) is 6.28. The first-order valence-corrected chi connectivity index (χ1v) is 11.4. The Morgan fingerprint density at radius 3 is 2.28 bits per heavy atom. The van der Waals surface area contributed by atoms with Crippen molar-refractivity contribution in [1.82, 2.24) is 4.90 Å². The van der Waals surface area contributed by atoms with Gasteiger partial charge in [-0.05, 0) is 66.6 Å². The van der Waals surface area contributed by atoms with E-state index in [1.165, 1.54) is 4.90 Å². The molecule has 29 heavy (non-hydrogen) atoms.